The van der Waals surface area contributed by atoms with Gasteiger partial charge in [0.1, 0.15) is 0 Å². The van der Waals surface area contributed by atoms with Gasteiger partial charge in [-0.3, -0.25) is 4.90 Å². The van der Waals surface area contributed by atoms with Crippen LogP contribution < -0.4 is 5.32 Å². The van der Waals surface area contributed by atoms with Crippen LogP contribution in [-0.2, 0) is 0 Å². The fraction of sp³-hybridized carbons (Fsp3) is 1.00. The molecule has 0 bridgehead atoms. The Labute approximate surface area is 90.1 Å². The predicted molar refractivity (Wildman–Crippen MR) is 64.6 cm³/mol. The van der Waals surface area contributed by atoms with Crippen molar-refractivity contribution < 1.29 is 0 Å². The summed E-state index contributed by atoms with van der Waals surface area (Å²) in [6.07, 6.45) is 0. The molecular formula is C12H28N2. The highest BCUT2D eigenvalue weighted by Crippen LogP contribution is 2.12. The van der Waals surface area contributed by atoms with Crippen molar-refractivity contribution in [3.05, 3.63) is 0 Å². The van der Waals surface area contributed by atoms with E-state index in [1.165, 1.54) is 6.54 Å². The lowest BCUT2D eigenvalue weighted by Crippen LogP contribution is -2.46. The molecule has 86 valence electrons. The maximum atomic E-state index is 3.30. The lowest BCUT2D eigenvalue weighted by molar-refractivity contribution is 0.144. The van der Waals surface area contributed by atoms with Crippen molar-refractivity contribution in [3.63, 3.8) is 0 Å². The van der Waals surface area contributed by atoms with Gasteiger partial charge in [-0.25, -0.2) is 0 Å². The molecule has 0 aromatic heterocycles. The third-order valence-electron chi connectivity index (χ3n) is 2.66. The molecule has 0 aromatic rings. The Morgan fingerprint density at radius 2 is 1.71 bits per heavy atom. The first-order valence-corrected chi connectivity index (χ1v) is 5.91. The molecular weight excluding hydrogens is 172 g/mol. The molecule has 0 heterocycles. The Morgan fingerprint density at radius 1 is 1.14 bits per heavy atom. The molecule has 0 amide bonds. The largest absolute Gasteiger partial charge is 0.318 e. The Kier molecular flexibility index (Phi) is 7.20. The first kappa shape index (κ1) is 13.9. The monoisotopic (exact) mass is 200 g/mol. The number of likely N-dealkylation sites (N-methyl/N-ethyl adjacent to an activating group) is 2. The van der Waals surface area contributed by atoms with Gasteiger partial charge in [-0.15, -0.1) is 0 Å². The second-order valence-electron chi connectivity index (χ2n) is 4.85. The molecule has 2 nitrogen and oxygen atoms in total. The summed E-state index contributed by atoms with van der Waals surface area (Å²) in [5.74, 6) is 1.48. The van der Waals surface area contributed by atoms with Crippen LogP contribution in [0.2, 0.25) is 0 Å². The highest BCUT2D eigenvalue weighted by molar-refractivity contribution is 4.76. The first-order valence-electron chi connectivity index (χ1n) is 5.91. The molecule has 0 saturated carbocycles. The summed E-state index contributed by atoms with van der Waals surface area (Å²) < 4.78 is 0. The zero-order valence-corrected chi connectivity index (χ0v) is 10.8. The van der Waals surface area contributed by atoms with Crippen LogP contribution in [0.3, 0.4) is 0 Å². The molecule has 0 fully saturated rings. The van der Waals surface area contributed by atoms with Gasteiger partial charge in [0.05, 0.1) is 0 Å². The molecule has 0 aliphatic rings. The van der Waals surface area contributed by atoms with Gasteiger partial charge in [0.25, 0.3) is 0 Å². The molecule has 0 radical (unpaired) electrons. The quantitative estimate of drug-likeness (QED) is 0.678. The third kappa shape index (κ3) is 4.97. The maximum Gasteiger partial charge on any atom is 0.0243 e. The number of nitrogens with zero attached hydrogens (tertiary/aromatic N) is 1. The molecule has 0 saturated heterocycles. The minimum atomic E-state index is 0.674. The summed E-state index contributed by atoms with van der Waals surface area (Å²) >= 11 is 0. The Bertz CT molecular complexity index is 132. The van der Waals surface area contributed by atoms with E-state index in [4.69, 9.17) is 0 Å². The van der Waals surface area contributed by atoms with Crippen molar-refractivity contribution in [2.45, 2.75) is 40.7 Å². The van der Waals surface area contributed by atoms with Gasteiger partial charge in [0.2, 0.25) is 0 Å². The van der Waals surface area contributed by atoms with Crippen LogP contribution in [0.25, 0.3) is 0 Å². The highest BCUT2D eigenvalue weighted by Gasteiger charge is 2.20. The van der Waals surface area contributed by atoms with Gasteiger partial charge in [-0.1, -0.05) is 34.6 Å². The third-order valence-corrected chi connectivity index (χ3v) is 2.66. The van der Waals surface area contributed by atoms with Gasteiger partial charge < -0.3 is 5.32 Å². The lowest BCUT2D eigenvalue weighted by Gasteiger charge is -2.34. The summed E-state index contributed by atoms with van der Waals surface area (Å²) in [4.78, 5) is 2.59. The van der Waals surface area contributed by atoms with Crippen molar-refractivity contribution >= 4 is 0 Å². The number of hydrogen-bond acceptors (Lipinski definition) is 2. The summed E-state index contributed by atoms with van der Waals surface area (Å²) in [7, 11) is 2.04. The number of nitrogens with one attached hydrogen (secondary N) is 1. The van der Waals surface area contributed by atoms with Crippen LogP contribution >= 0.6 is 0 Å². The van der Waals surface area contributed by atoms with E-state index in [2.05, 4.69) is 44.8 Å². The van der Waals surface area contributed by atoms with Crippen LogP contribution in [0.1, 0.15) is 34.6 Å². The normalized spacial score (nSPS) is 14.4. The van der Waals surface area contributed by atoms with Gasteiger partial charge in [-0.2, -0.15) is 0 Å². The fourth-order valence-corrected chi connectivity index (χ4v) is 1.96. The van der Waals surface area contributed by atoms with Crippen molar-refractivity contribution in [3.8, 4) is 0 Å². The van der Waals surface area contributed by atoms with E-state index in [0.29, 0.717) is 6.04 Å². The predicted octanol–water partition coefficient (Wildman–Crippen LogP) is 2.21. The van der Waals surface area contributed by atoms with Gasteiger partial charge in [0, 0.05) is 19.1 Å². The highest BCUT2D eigenvalue weighted by atomic mass is 15.2. The average Bonchev–Trinajstić information content (AvgIpc) is 2.10. The molecule has 1 N–H and O–H groups in total. The van der Waals surface area contributed by atoms with Crippen molar-refractivity contribution in [1.82, 2.24) is 10.2 Å². The van der Waals surface area contributed by atoms with Gasteiger partial charge >= 0.3 is 0 Å². The van der Waals surface area contributed by atoms with Crippen molar-refractivity contribution in [1.29, 1.82) is 0 Å². The molecule has 1 unspecified atom stereocenters. The van der Waals surface area contributed by atoms with Gasteiger partial charge in [0.15, 0.2) is 0 Å². The standard InChI is InChI=1S/C12H28N2/c1-7-14(9-10(2)3)12(8-13-6)11(4)5/h10-13H,7-9H2,1-6H3. The van der Waals surface area contributed by atoms with Gasteiger partial charge in [-0.05, 0) is 25.4 Å². The second kappa shape index (κ2) is 7.24. The molecule has 0 aliphatic heterocycles. The van der Waals surface area contributed by atoms with Crippen LogP contribution in [0.4, 0.5) is 0 Å². The summed E-state index contributed by atoms with van der Waals surface area (Å²) in [5.41, 5.74) is 0. The van der Waals surface area contributed by atoms with Crippen LogP contribution in [0.15, 0.2) is 0 Å². The Hall–Kier alpha value is -0.0800. The summed E-state index contributed by atoms with van der Waals surface area (Å²) in [6, 6.07) is 0.674. The topological polar surface area (TPSA) is 15.3 Å². The second-order valence-corrected chi connectivity index (χ2v) is 4.85. The molecule has 1 atom stereocenters. The van der Waals surface area contributed by atoms with Crippen LogP contribution in [-0.4, -0.2) is 37.6 Å². The van der Waals surface area contributed by atoms with E-state index >= 15 is 0 Å². The molecule has 0 aromatic carbocycles. The van der Waals surface area contributed by atoms with E-state index < -0.39 is 0 Å². The van der Waals surface area contributed by atoms with Crippen molar-refractivity contribution in [2.24, 2.45) is 11.8 Å². The molecule has 0 rings (SSSR count). The minimum absolute atomic E-state index is 0.674. The zero-order valence-electron chi connectivity index (χ0n) is 10.8. The number of rotatable bonds is 7. The molecule has 0 spiro atoms. The van der Waals surface area contributed by atoms with E-state index in [0.717, 1.165) is 24.9 Å². The van der Waals surface area contributed by atoms with Crippen LogP contribution in [0.5, 0.6) is 0 Å². The smallest absolute Gasteiger partial charge is 0.0243 e. The van der Waals surface area contributed by atoms with E-state index in [9.17, 15) is 0 Å². The maximum absolute atomic E-state index is 3.30. The Balaban J connectivity index is 4.25. The molecule has 0 aliphatic carbocycles. The minimum Gasteiger partial charge on any atom is -0.318 e. The lowest BCUT2D eigenvalue weighted by atomic mass is 10.0. The SMILES string of the molecule is CCN(CC(C)C)C(CNC)C(C)C. The first-order chi connectivity index (χ1) is 6.52. The Morgan fingerprint density at radius 3 is 2.00 bits per heavy atom. The van der Waals surface area contributed by atoms with Crippen molar-refractivity contribution in [2.75, 3.05) is 26.7 Å². The summed E-state index contributed by atoms with van der Waals surface area (Å²) in [5, 5.41) is 3.30. The zero-order chi connectivity index (χ0) is 11.1. The molecule has 14 heavy (non-hydrogen) atoms. The number of hydrogen-bond donors (Lipinski definition) is 1. The van der Waals surface area contributed by atoms with Crippen LogP contribution in [0, 0.1) is 11.8 Å². The van der Waals surface area contributed by atoms with E-state index in [-0.39, 0.29) is 0 Å². The average molecular weight is 200 g/mol. The molecule has 2 heteroatoms. The van der Waals surface area contributed by atoms with E-state index in [1.807, 2.05) is 7.05 Å². The van der Waals surface area contributed by atoms with E-state index in [1.54, 1.807) is 0 Å². The summed E-state index contributed by atoms with van der Waals surface area (Å²) in [6.45, 7) is 14.9. The fourth-order valence-electron chi connectivity index (χ4n) is 1.96.